The summed E-state index contributed by atoms with van der Waals surface area (Å²) < 4.78 is 1.73. The van der Waals surface area contributed by atoms with Gasteiger partial charge < -0.3 is 10.4 Å². The largest absolute Gasteiger partial charge is 0.478 e. The zero-order chi connectivity index (χ0) is 12.1. The van der Waals surface area contributed by atoms with Crippen molar-refractivity contribution in [1.29, 1.82) is 0 Å². The molecule has 0 aliphatic carbocycles. The lowest BCUT2D eigenvalue weighted by Crippen LogP contribution is -2.09. The molecular formula is C10H13N3O3. The molecule has 0 radical (unpaired) electrons. The fourth-order valence-electron chi connectivity index (χ4n) is 1.21. The van der Waals surface area contributed by atoms with Gasteiger partial charge in [-0.05, 0) is 13.8 Å². The standard InChI is InChI=1S/C10H13N3O3/c1-3-13-7(2)8(6-11-13)12-9(14)4-5-10(15)16/h4-6H,3H2,1-2H3,(H,12,14)(H,15,16). The van der Waals surface area contributed by atoms with Gasteiger partial charge in [0.15, 0.2) is 0 Å². The molecule has 0 saturated heterocycles. The highest BCUT2D eigenvalue weighted by atomic mass is 16.4. The van der Waals surface area contributed by atoms with Crippen molar-refractivity contribution < 1.29 is 14.7 Å². The van der Waals surface area contributed by atoms with Gasteiger partial charge in [-0.1, -0.05) is 0 Å². The van der Waals surface area contributed by atoms with Crippen LogP contribution in [-0.4, -0.2) is 26.8 Å². The molecule has 86 valence electrons. The van der Waals surface area contributed by atoms with Crippen molar-refractivity contribution in [3.63, 3.8) is 0 Å². The van der Waals surface area contributed by atoms with E-state index in [1.165, 1.54) is 6.20 Å². The van der Waals surface area contributed by atoms with E-state index in [4.69, 9.17) is 5.11 Å². The zero-order valence-corrected chi connectivity index (χ0v) is 9.10. The zero-order valence-electron chi connectivity index (χ0n) is 9.10. The number of aromatic nitrogens is 2. The molecule has 6 nitrogen and oxygen atoms in total. The summed E-state index contributed by atoms with van der Waals surface area (Å²) in [6, 6.07) is 0. The maximum Gasteiger partial charge on any atom is 0.328 e. The number of carbonyl (C=O) groups is 2. The molecule has 0 unspecified atom stereocenters. The minimum absolute atomic E-state index is 0.485. The van der Waals surface area contributed by atoms with Gasteiger partial charge in [0.1, 0.15) is 0 Å². The molecule has 0 atom stereocenters. The fraction of sp³-hybridized carbons (Fsp3) is 0.300. The van der Waals surface area contributed by atoms with Crippen molar-refractivity contribution in [2.24, 2.45) is 0 Å². The molecule has 2 N–H and O–H groups in total. The third-order valence-electron chi connectivity index (χ3n) is 2.04. The number of aliphatic carboxylic acids is 1. The van der Waals surface area contributed by atoms with Gasteiger partial charge in [-0.25, -0.2) is 4.79 Å². The summed E-state index contributed by atoms with van der Waals surface area (Å²) in [5.74, 6) is -1.64. The Labute approximate surface area is 92.6 Å². The van der Waals surface area contributed by atoms with Crippen LogP contribution in [0.3, 0.4) is 0 Å². The molecule has 1 aromatic rings. The SMILES string of the molecule is CCn1ncc(NC(=O)C=CC(=O)O)c1C. The predicted octanol–water partition coefficient (Wildman–Crippen LogP) is 0.791. The second kappa shape index (κ2) is 5.11. The van der Waals surface area contributed by atoms with Crippen LogP contribution >= 0.6 is 0 Å². The minimum Gasteiger partial charge on any atom is -0.478 e. The summed E-state index contributed by atoms with van der Waals surface area (Å²) in [7, 11) is 0. The minimum atomic E-state index is -1.16. The number of carboxylic acids is 1. The van der Waals surface area contributed by atoms with Crippen molar-refractivity contribution >= 4 is 17.6 Å². The molecule has 0 aliphatic heterocycles. The molecule has 1 heterocycles. The van der Waals surface area contributed by atoms with Gasteiger partial charge in [0.2, 0.25) is 5.91 Å². The predicted molar refractivity (Wildman–Crippen MR) is 58.0 cm³/mol. The van der Waals surface area contributed by atoms with Gasteiger partial charge in [-0.2, -0.15) is 5.10 Å². The lowest BCUT2D eigenvalue weighted by molar-refractivity contribution is -0.131. The van der Waals surface area contributed by atoms with Gasteiger partial charge in [-0.3, -0.25) is 9.48 Å². The van der Waals surface area contributed by atoms with E-state index >= 15 is 0 Å². The van der Waals surface area contributed by atoms with Crippen LogP contribution < -0.4 is 5.32 Å². The maximum absolute atomic E-state index is 11.3. The Hall–Kier alpha value is -2.11. The number of nitrogens with zero attached hydrogens (tertiary/aromatic N) is 2. The Balaban J connectivity index is 2.70. The van der Waals surface area contributed by atoms with Crippen LogP contribution in [0.2, 0.25) is 0 Å². The second-order valence-electron chi connectivity index (χ2n) is 3.12. The first kappa shape index (κ1) is 12.0. The van der Waals surface area contributed by atoms with Crippen molar-refractivity contribution in [3.8, 4) is 0 Å². The van der Waals surface area contributed by atoms with Crippen LogP contribution in [0.25, 0.3) is 0 Å². The smallest absolute Gasteiger partial charge is 0.328 e. The first-order chi connectivity index (χ1) is 7.54. The Kier molecular flexibility index (Phi) is 3.82. The Morgan fingerprint density at radius 1 is 1.56 bits per heavy atom. The van der Waals surface area contributed by atoms with Crippen LogP contribution in [0.1, 0.15) is 12.6 Å². The highest BCUT2D eigenvalue weighted by Crippen LogP contribution is 2.12. The highest BCUT2D eigenvalue weighted by molar-refractivity contribution is 6.02. The van der Waals surface area contributed by atoms with Gasteiger partial charge in [0.25, 0.3) is 0 Å². The van der Waals surface area contributed by atoms with E-state index in [1.54, 1.807) is 4.68 Å². The first-order valence-electron chi connectivity index (χ1n) is 4.79. The number of hydrogen-bond donors (Lipinski definition) is 2. The van der Waals surface area contributed by atoms with E-state index in [1.807, 2.05) is 13.8 Å². The van der Waals surface area contributed by atoms with Gasteiger partial charge in [0, 0.05) is 18.7 Å². The number of amides is 1. The van der Waals surface area contributed by atoms with Crippen molar-refractivity contribution in [3.05, 3.63) is 24.0 Å². The Morgan fingerprint density at radius 3 is 2.75 bits per heavy atom. The molecule has 0 aromatic carbocycles. The molecule has 1 amide bonds. The van der Waals surface area contributed by atoms with E-state index in [-0.39, 0.29) is 0 Å². The second-order valence-corrected chi connectivity index (χ2v) is 3.12. The van der Waals surface area contributed by atoms with E-state index in [2.05, 4.69) is 10.4 Å². The summed E-state index contributed by atoms with van der Waals surface area (Å²) in [4.78, 5) is 21.5. The molecule has 6 heteroatoms. The molecule has 1 aromatic heterocycles. The number of aryl methyl sites for hydroxylation is 1. The summed E-state index contributed by atoms with van der Waals surface area (Å²) in [6.07, 6.45) is 3.28. The summed E-state index contributed by atoms with van der Waals surface area (Å²) in [6.45, 7) is 4.48. The molecule has 0 spiro atoms. The van der Waals surface area contributed by atoms with Crippen LogP contribution in [0.15, 0.2) is 18.3 Å². The molecule has 0 saturated carbocycles. The van der Waals surface area contributed by atoms with Gasteiger partial charge in [-0.15, -0.1) is 0 Å². The molecule has 16 heavy (non-hydrogen) atoms. The van der Waals surface area contributed by atoms with E-state index in [0.29, 0.717) is 12.2 Å². The number of anilines is 1. The quantitative estimate of drug-likeness (QED) is 0.739. The van der Waals surface area contributed by atoms with Gasteiger partial charge in [0.05, 0.1) is 17.6 Å². The van der Waals surface area contributed by atoms with Crippen molar-refractivity contribution in [1.82, 2.24) is 9.78 Å². The normalized spacial score (nSPS) is 10.6. The average Bonchev–Trinajstić information content (AvgIpc) is 2.57. The van der Waals surface area contributed by atoms with Gasteiger partial charge >= 0.3 is 5.97 Å². The third-order valence-corrected chi connectivity index (χ3v) is 2.04. The lowest BCUT2D eigenvalue weighted by atomic mass is 10.3. The summed E-state index contributed by atoms with van der Waals surface area (Å²) in [5.41, 5.74) is 1.42. The summed E-state index contributed by atoms with van der Waals surface area (Å²) in [5, 5.41) is 14.9. The molecule has 0 fully saturated rings. The first-order valence-corrected chi connectivity index (χ1v) is 4.79. The number of carbonyl (C=O) groups excluding carboxylic acids is 1. The Bertz CT molecular complexity index is 435. The fourth-order valence-corrected chi connectivity index (χ4v) is 1.21. The van der Waals surface area contributed by atoms with E-state index in [0.717, 1.165) is 17.8 Å². The number of nitrogens with one attached hydrogen (secondary N) is 1. The van der Waals surface area contributed by atoms with E-state index < -0.39 is 11.9 Å². The molecule has 1 rings (SSSR count). The maximum atomic E-state index is 11.3. The van der Waals surface area contributed by atoms with Crippen LogP contribution in [0.5, 0.6) is 0 Å². The molecule has 0 aliphatic rings. The topological polar surface area (TPSA) is 84.2 Å². The van der Waals surface area contributed by atoms with Crippen LogP contribution in [0.4, 0.5) is 5.69 Å². The van der Waals surface area contributed by atoms with Crippen molar-refractivity contribution in [2.75, 3.05) is 5.32 Å². The number of hydrogen-bond acceptors (Lipinski definition) is 3. The third kappa shape index (κ3) is 2.94. The lowest BCUT2D eigenvalue weighted by Gasteiger charge is -2.02. The monoisotopic (exact) mass is 223 g/mol. The van der Waals surface area contributed by atoms with Crippen LogP contribution in [0, 0.1) is 6.92 Å². The summed E-state index contributed by atoms with van der Waals surface area (Å²) >= 11 is 0. The van der Waals surface area contributed by atoms with E-state index in [9.17, 15) is 9.59 Å². The average molecular weight is 223 g/mol. The molecule has 0 bridgehead atoms. The van der Waals surface area contributed by atoms with Crippen molar-refractivity contribution in [2.45, 2.75) is 20.4 Å². The number of rotatable bonds is 4. The Morgan fingerprint density at radius 2 is 2.25 bits per heavy atom. The number of carboxylic acid groups (broad SMARTS) is 1. The van der Waals surface area contributed by atoms with Crippen LogP contribution in [-0.2, 0) is 16.1 Å². The highest BCUT2D eigenvalue weighted by Gasteiger charge is 2.06. The molecular weight excluding hydrogens is 210 g/mol.